The van der Waals surface area contributed by atoms with Gasteiger partial charge >= 0.3 is 0 Å². The van der Waals surface area contributed by atoms with Crippen LogP contribution < -0.4 is 0 Å². The molecule has 1 aromatic carbocycles. The largest absolute Gasteiger partial charge is 0.301 e. The maximum absolute atomic E-state index is 13.8. The highest BCUT2D eigenvalue weighted by Crippen LogP contribution is 2.24. The van der Waals surface area contributed by atoms with Crippen molar-refractivity contribution in [3.05, 3.63) is 29.1 Å². The van der Waals surface area contributed by atoms with Crippen molar-refractivity contribution >= 4 is 21.6 Å². The van der Waals surface area contributed by atoms with E-state index in [0.29, 0.717) is 25.2 Å². The molecule has 0 amide bonds. The number of nitrogens with zero attached hydrogens (tertiary/aromatic N) is 2. The first-order valence-corrected chi connectivity index (χ1v) is 8.80. The lowest BCUT2D eigenvalue weighted by atomic mass is 10.1. The molecule has 0 bridgehead atoms. The first-order valence-electron chi connectivity index (χ1n) is 6.82. The van der Waals surface area contributed by atoms with Crippen LogP contribution in [-0.4, -0.2) is 50.3 Å². The van der Waals surface area contributed by atoms with Gasteiger partial charge < -0.3 is 4.90 Å². The zero-order valence-corrected chi connectivity index (χ0v) is 14.0. The van der Waals surface area contributed by atoms with E-state index < -0.39 is 15.8 Å². The molecular weight excluding hydrogens is 315 g/mol. The van der Waals surface area contributed by atoms with Crippen LogP contribution in [0.1, 0.15) is 18.1 Å². The summed E-state index contributed by atoms with van der Waals surface area (Å²) >= 11 is 5.70. The first-order chi connectivity index (χ1) is 9.77. The Morgan fingerprint density at radius 1 is 1.38 bits per heavy atom. The van der Waals surface area contributed by atoms with Crippen molar-refractivity contribution in [3.63, 3.8) is 0 Å². The predicted molar refractivity (Wildman–Crippen MR) is 81.5 cm³/mol. The van der Waals surface area contributed by atoms with Crippen molar-refractivity contribution in [1.82, 2.24) is 9.21 Å². The van der Waals surface area contributed by atoms with Crippen LogP contribution in [0.2, 0.25) is 0 Å². The van der Waals surface area contributed by atoms with Crippen LogP contribution in [0.25, 0.3) is 0 Å². The van der Waals surface area contributed by atoms with E-state index in [9.17, 15) is 12.8 Å². The molecule has 2 rings (SSSR count). The number of piperazine rings is 1. The second-order valence-corrected chi connectivity index (χ2v) is 7.74. The number of likely N-dealkylation sites (N-methyl/N-ethyl adjacent to an activating group) is 1. The predicted octanol–water partition coefficient (Wildman–Crippen LogP) is 2.20. The Morgan fingerprint density at radius 3 is 2.62 bits per heavy atom. The van der Waals surface area contributed by atoms with Crippen molar-refractivity contribution in [2.24, 2.45) is 0 Å². The van der Waals surface area contributed by atoms with Crippen molar-refractivity contribution in [3.8, 4) is 0 Å². The van der Waals surface area contributed by atoms with Crippen molar-refractivity contribution in [1.29, 1.82) is 0 Å². The van der Waals surface area contributed by atoms with Gasteiger partial charge in [-0.05, 0) is 38.6 Å². The summed E-state index contributed by atoms with van der Waals surface area (Å²) in [4.78, 5) is 2.24. The van der Waals surface area contributed by atoms with E-state index in [4.69, 9.17) is 11.6 Å². The van der Waals surface area contributed by atoms with Gasteiger partial charge in [0.25, 0.3) is 0 Å². The number of aryl methyl sites for hydroxylation is 1. The van der Waals surface area contributed by atoms with Gasteiger partial charge in [-0.15, -0.1) is 11.6 Å². The van der Waals surface area contributed by atoms with Gasteiger partial charge in [-0.1, -0.05) is 0 Å². The number of rotatable bonds is 3. The van der Waals surface area contributed by atoms with E-state index in [-0.39, 0.29) is 22.4 Å². The van der Waals surface area contributed by atoms with E-state index in [1.807, 2.05) is 14.0 Å². The fraction of sp³-hybridized carbons (Fsp3) is 0.571. The van der Waals surface area contributed by atoms with Crippen LogP contribution in [0.4, 0.5) is 4.39 Å². The lowest BCUT2D eigenvalue weighted by Crippen LogP contribution is -2.51. The van der Waals surface area contributed by atoms with Crippen molar-refractivity contribution < 1.29 is 12.8 Å². The molecule has 0 radical (unpaired) electrons. The lowest BCUT2D eigenvalue weighted by Gasteiger charge is -2.36. The molecule has 0 aromatic heterocycles. The molecule has 118 valence electrons. The summed E-state index contributed by atoms with van der Waals surface area (Å²) in [6, 6.07) is 2.87. The standard InChI is InChI=1S/C14H20ClFN2O2S/c1-10-6-13(7-12(8-15)14(10)16)21(19,20)18-5-4-17(3)11(2)9-18/h6-7,11H,4-5,8-9H2,1-3H3. The quantitative estimate of drug-likeness (QED) is 0.796. The molecule has 1 atom stereocenters. The van der Waals surface area contributed by atoms with Crippen LogP contribution in [0.3, 0.4) is 0 Å². The van der Waals surface area contributed by atoms with E-state index in [1.54, 1.807) is 6.92 Å². The summed E-state index contributed by atoms with van der Waals surface area (Å²) in [5, 5.41) is 0. The number of alkyl halides is 1. The summed E-state index contributed by atoms with van der Waals surface area (Å²) in [7, 11) is -1.63. The Kier molecular flexibility index (Phi) is 4.92. The molecule has 4 nitrogen and oxygen atoms in total. The third-order valence-electron chi connectivity index (χ3n) is 4.01. The van der Waals surface area contributed by atoms with E-state index in [1.165, 1.54) is 16.4 Å². The summed E-state index contributed by atoms with van der Waals surface area (Å²) in [5.41, 5.74) is 0.520. The molecule has 0 N–H and O–H groups in total. The van der Waals surface area contributed by atoms with Gasteiger partial charge in [0.05, 0.1) is 10.8 Å². The highest BCUT2D eigenvalue weighted by molar-refractivity contribution is 7.89. The second-order valence-electron chi connectivity index (χ2n) is 5.54. The number of hydrogen-bond donors (Lipinski definition) is 0. The topological polar surface area (TPSA) is 40.6 Å². The minimum atomic E-state index is -3.61. The van der Waals surface area contributed by atoms with Crippen molar-refractivity contribution in [2.75, 3.05) is 26.7 Å². The molecular formula is C14H20ClFN2O2S. The minimum absolute atomic E-state index is 0.0465. The molecule has 0 aliphatic carbocycles. The van der Waals surface area contributed by atoms with Gasteiger partial charge in [-0.25, -0.2) is 12.8 Å². The molecule has 1 aliphatic rings. The van der Waals surface area contributed by atoms with Gasteiger partial charge in [0.1, 0.15) is 5.82 Å². The first kappa shape index (κ1) is 16.7. The van der Waals surface area contributed by atoms with Crippen LogP contribution in [0, 0.1) is 12.7 Å². The van der Waals surface area contributed by atoms with Gasteiger partial charge in [0, 0.05) is 31.2 Å². The molecule has 1 aromatic rings. The number of benzene rings is 1. The maximum Gasteiger partial charge on any atom is 0.243 e. The van der Waals surface area contributed by atoms with E-state index >= 15 is 0 Å². The molecule has 1 unspecified atom stereocenters. The number of sulfonamides is 1. The normalized spacial score (nSPS) is 21.7. The highest BCUT2D eigenvalue weighted by Gasteiger charge is 2.31. The maximum atomic E-state index is 13.8. The molecule has 1 saturated heterocycles. The summed E-state index contributed by atoms with van der Waals surface area (Å²) in [6.07, 6.45) is 0. The average molecular weight is 335 g/mol. The number of hydrogen-bond acceptors (Lipinski definition) is 3. The Hall–Kier alpha value is -0.690. The average Bonchev–Trinajstić information content (AvgIpc) is 2.44. The minimum Gasteiger partial charge on any atom is -0.301 e. The smallest absolute Gasteiger partial charge is 0.243 e. The van der Waals surface area contributed by atoms with Crippen LogP contribution in [0.5, 0.6) is 0 Å². The summed E-state index contributed by atoms with van der Waals surface area (Å²) in [6.45, 7) is 5.10. The fourth-order valence-corrected chi connectivity index (χ4v) is 4.28. The SMILES string of the molecule is Cc1cc(S(=O)(=O)N2CCN(C)C(C)C2)cc(CCl)c1F. The monoisotopic (exact) mass is 334 g/mol. The second kappa shape index (κ2) is 6.20. The van der Waals surface area contributed by atoms with Gasteiger partial charge in [0.15, 0.2) is 0 Å². The van der Waals surface area contributed by atoms with Crippen LogP contribution in [0.15, 0.2) is 17.0 Å². The molecule has 1 heterocycles. The zero-order chi connectivity index (χ0) is 15.8. The molecule has 0 saturated carbocycles. The van der Waals surface area contributed by atoms with Crippen LogP contribution >= 0.6 is 11.6 Å². The fourth-order valence-electron chi connectivity index (χ4n) is 2.44. The molecule has 1 aliphatic heterocycles. The molecule has 0 spiro atoms. The van der Waals surface area contributed by atoms with Gasteiger partial charge in [-0.2, -0.15) is 4.31 Å². The summed E-state index contributed by atoms with van der Waals surface area (Å²) in [5.74, 6) is -0.481. The van der Waals surface area contributed by atoms with Gasteiger partial charge in [-0.3, -0.25) is 0 Å². The van der Waals surface area contributed by atoms with Gasteiger partial charge in [0.2, 0.25) is 10.0 Å². The van der Waals surface area contributed by atoms with Crippen molar-refractivity contribution in [2.45, 2.75) is 30.7 Å². The lowest BCUT2D eigenvalue weighted by molar-refractivity contribution is 0.159. The third kappa shape index (κ3) is 3.23. The molecule has 7 heteroatoms. The Morgan fingerprint density at radius 2 is 2.05 bits per heavy atom. The van der Waals surface area contributed by atoms with Crippen LogP contribution in [-0.2, 0) is 15.9 Å². The summed E-state index contributed by atoms with van der Waals surface area (Å²) < 4.78 is 40.7. The number of halogens is 2. The van der Waals surface area contributed by atoms with E-state index in [0.717, 1.165) is 0 Å². The Labute approximate surface area is 130 Å². The third-order valence-corrected chi connectivity index (χ3v) is 6.14. The van der Waals surface area contributed by atoms with E-state index in [2.05, 4.69) is 4.90 Å². The highest BCUT2D eigenvalue weighted by atomic mass is 35.5. The Bertz CT molecular complexity index is 636. The zero-order valence-electron chi connectivity index (χ0n) is 12.4. The molecule has 1 fully saturated rings. The molecule has 21 heavy (non-hydrogen) atoms. The Balaban J connectivity index is 2.38.